The standard InChI is InChI=1S/C18H19N5O2/c1-12-5-6-14(17(24)19-12)18(25)22-10-7-13(8-11-22)16-21-20-15-4-2-3-9-23(15)16/h2-6,9,13H,7-8,10-11H2,1H3,(H,19,24). The van der Waals surface area contributed by atoms with Gasteiger partial charge in [0.1, 0.15) is 11.4 Å². The Morgan fingerprint density at radius 3 is 2.72 bits per heavy atom. The number of carbonyl (C=O) groups is 1. The predicted octanol–water partition coefficient (Wildman–Crippen LogP) is 1.75. The summed E-state index contributed by atoms with van der Waals surface area (Å²) in [7, 11) is 0. The number of nitrogens with one attached hydrogen (secondary N) is 1. The molecule has 1 amide bonds. The first-order valence-corrected chi connectivity index (χ1v) is 8.42. The largest absolute Gasteiger partial charge is 0.338 e. The van der Waals surface area contributed by atoms with Crippen LogP contribution in [0.5, 0.6) is 0 Å². The van der Waals surface area contributed by atoms with Crippen LogP contribution in [-0.2, 0) is 0 Å². The van der Waals surface area contributed by atoms with Gasteiger partial charge in [0, 0.05) is 30.9 Å². The molecule has 0 aliphatic carbocycles. The summed E-state index contributed by atoms with van der Waals surface area (Å²) in [6, 6.07) is 9.19. The Morgan fingerprint density at radius 2 is 1.96 bits per heavy atom. The van der Waals surface area contributed by atoms with E-state index in [9.17, 15) is 9.59 Å². The first kappa shape index (κ1) is 15.6. The lowest BCUT2D eigenvalue weighted by Crippen LogP contribution is -2.40. The van der Waals surface area contributed by atoms with Crippen molar-refractivity contribution in [1.29, 1.82) is 0 Å². The van der Waals surface area contributed by atoms with Crippen LogP contribution in [0.25, 0.3) is 5.65 Å². The average Bonchev–Trinajstić information content (AvgIpc) is 3.05. The summed E-state index contributed by atoms with van der Waals surface area (Å²) < 4.78 is 2.01. The minimum atomic E-state index is -0.324. The highest BCUT2D eigenvalue weighted by molar-refractivity contribution is 5.93. The van der Waals surface area contributed by atoms with Crippen molar-refractivity contribution in [3.8, 4) is 0 Å². The zero-order chi connectivity index (χ0) is 17.4. The van der Waals surface area contributed by atoms with Gasteiger partial charge in [0.2, 0.25) is 0 Å². The molecule has 0 bridgehead atoms. The summed E-state index contributed by atoms with van der Waals surface area (Å²) in [5.74, 6) is 0.999. The smallest absolute Gasteiger partial charge is 0.260 e. The van der Waals surface area contributed by atoms with Crippen molar-refractivity contribution < 1.29 is 4.79 Å². The average molecular weight is 337 g/mol. The maximum atomic E-state index is 12.6. The lowest BCUT2D eigenvalue weighted by molar-refractivity contribution is 0.0709. The van der Waals surface area contributed by atoms with Gasteiger partial charge >= 0.3 is 0 Å². The highest BCUT2D eigenvalue weighted by Crippen LogP contribution is 2.27. The molecule has 128 valence electrons. The fraction of sp³-hybridized carbons (Fsp3) is 0.333. The number of amides is 1. The number of likely N-dealkylation sites (tertiary alicyclic amines) is 1. The molecular weight excluding hydrogens is 318 g/mol. The molecule has 3 aromatic heterocycles. The van der Waals surface area contributed by atoms with Gasteiger partial charge in [-0.3, -0.25) is 14.0 Å². The third-order valence-corrected chi connectivity index (χ3v) is 4.77. The molecule has 1 N–H and O–H groups in total. The van der Waals surface area contributed by atoms with E-state index in [1.807, 2.05) is 28.8 Å². The Hall–Kier alpha value is -2.96. The van der Waals surface area contributed by atoms with Crippen molar-refractivity contribution >= 4 is 11.6 Å². The van der Waals surface area contributed by atoms with E-state index in [1.54, 1.807) is 24.0 Å². The lowest BCUT2D eigenvalue weighted by Gasteiger charge is -2.31. The van der Waals surface area contributed by atoms with Gasteiger partial charge in [-0.05, 0) is 44.0 Å². The van der Waals surface area contributed by atoms with Crippen LogP contribution < -0.4 is 5.56 Å². The maximum Gasteiger partial charge on any atom is 0.260 e. The number of fused-ring (bicyclic) bond motifs is 1. The van der Waals surface area contributed by atoms with Crippen LogP contribution in [0.1, 0.15) is 40.6 Å². The monoisotopic (exact) mass is 337 g/mol. The molecule has 3 aromatic rings. The van der Waals surface area contributed by atoms with Crippen molar-refractivity contribution in [2.24, 2.45) is 0 Å². The number of nitrogens with zero attached hydrogens (tertiary/aromatic N) is 4. The van der Waals surface area contributed by atoms with Gasteiger partial charge in [0.05, 0.1) is 0 Å². The summed E-state index contributed by atoms with van der Waals surface area (Å²) in [6.07, 6.45) is 3.59. The first-order chi connectivity index (χ1) is 12.1. The van der Waals surface area contributed by atoms with Gasteiger partial charge in [0.25, 0.3) is 11.5 Å². The molecule has 1 aliphatic rings. The number of carbonyl (C=O) groups excluding carboxylic acids is 1. The zero-order valence-corrected chi connectivity index (χ0v) is 14.0. The molecule has 0 radical (unpaired) electrons. The van der Waals surface area contributed by atoms with Crippen LogP contribution in [0.4, 0.5) is 0 Å². The van der Waals surface area contributed by atoms with Gasteiger partial charge in [-0.2, -0.15) is 0 Å². The Bertz CT molecular complexity index is 982. The van der Waals surface area contributed by atoms with Crippen molar-refractivity contribution in [2.75, 3.05) is 13.1 Å². The number of pyridine rings is 2. The summed E-state index contributed by atoms with van der Waals surface area (Å²) in [6.45, 7) is 3.02. The molecule has 0 spiro atoms. The van der Waals surface area contributed by atoms with Crippen LogP contribution in [0.3, 0.4) is 0 Å². The van der Waals surface area contributed by atoms with Crippen molar-refractivity contribution in [3.63, 3.8) is 0 Å². The molecule has 1 aliphatic heterocycles. The zero-order valence-electron chi connectivity index (χ0n) is 14.0. The van der Waals surface area contributed by atoms with Crippen LogP contribution in [0.2, 0.25) is 0 Å². The van der Waals surface area contributed by atoms with E-state index in [-0.39, 0.29) is 22.9 Å². The number of hydrogen-bond acceptors (Lipinski definition) is 4. The summed E-state index contributed by atoms with van der Waals surface area (Å²) in [4.78, 5) is 29.0. The van der Waals surface area contributed by atoms with Gasteiger partial charge in [-0.15, -0.1) is 10.2 Å². The number of H-pyrrole nitrogens is 1. The number of rotatable bonds is 2. The molecule has 4 rings (SSSR count). The highest BCUT2D eigenvalue weighted by atomic mass is 16.2. The Morgan fingerprint density at radius 1 is 1.16 bits per heavy atom. The molecular formula is C18H19N5O2. The molecule has 0 unspecified atom stereocenters. The Balaban J connectivity index is 1.49. The quantitative estimate of drug-likeness (QED) is 0.772. The van der Waals surface area contributed by atoms with Gasteiger partial charge in [-0.1, -0.05) is 6.07 Å². The molecule has 7 heteroatoms. The van der Waals surface area contributed by atoms with Crippen LogP contribution in [-0.4, -0.2) is 43.5 Å². The van der Waals surface area contributed by atoms with Crippen LogP contribution in [0.15, 0.2) is 41.3 Å². The molecule has 0 atom stereocenters. The molecule has 7 nitrogen and oxygen atoms in total. The molecule has 1 saturated heterocycles. The summed E-state index contributed by atoms with van der Waals surface area (Å²) >= 11 is 0. The lowest BCUT2D eigenvalue weighted by atomic mass is 9.95. The topological polar surface area (TPSA) is 83.4 Å². The summed E-state index contributed by atoms with van der Waals surface area (Å²) in [5.41, 5.74) is 1.47. The minimum Gasteiger partial charge on any atom is -0.338 e. The fourth-order valence-electron chi connectivity index (χ4n) is 3.39. The predicted molar refractivity (Wildman–Crippen MR) is 92.7 cm³/mol. The van der Waals surface area contributed by atoms with E-state index in [0.29, 0.717) is 13.1 Å². The maximum absolute atomic E-state index is 12.6. The van der Waals surface area contributed by atoms with E-state index in [1.165, 1.54) is 0 Å². The van der Waals surface area contributed by atoms with Gasteiger partial charge in [0.15, 0.2) is 5.65 Å². The van der Waals surface area contributed by atoms with E-state index in [4.69, 9.17) is 0 Å². The second-order valence-corrected chi connectivity index (χ2v) is 6.44. The second-order valence-electron chi connectivity index (χ2n) is 6.44. The number of piperidine rings is 1. The van der Waals surface area contributed by atoms with E-state index < -0.39 is 0 Å². The van der Waals surface area contributed by atoms with Gasteiger partial charge in [-0.25, -0.2) is 0 Å². The molecule has 25 heavy (non-hydrogen) atoms. The number of aromatic nitrogens is 4. The van der Waals surface area contributed by atoms with Gasteiger partial charge < -0.3 is 9.88 Å². The molecule has 0 aromatic carbocycles. The van der Waals surface area contributed by atoms with Crippen LogP contribution in [0, 0.1) is 6.92 Å². The van der Waals surface area contributed by atoms with E-state index in [0.717, 1.165) is 30.0 Å². The number of aromatic amines is 1. The molecule has 1 fully saturated rings. The molecule has 4 heterocycles. The Labute approximate surface area is 144 Å². The second kappa shape index (κ2) is 6.16. The third-order valence-electron chi connectivity index (χ3n) is 4.77. The van der Waals surface area contributed by atoms with Crippen molar-refractivity contribution in [1.82, 2.24) is 24.5 Å². The van der Waals surface area contributed by atoms with E-state index >= 15 is 0 Å². The van der Waals surface area contributed by atoms with Crippen molar-refractivity contribution in [3.05, 3.63) is 64.0 Å². The third kappa shape index (κ3) is 2.82. The SMILES string of the molecule is Cc1ccc(C(=O)N2CCC(c3nnc4ccccn34)CC2)c(=O)[nH]1. The normalized spacial score (nSPS) is 15.6. The van der Waals surface area contributed by atoms with E-state index in [2.05, 4.69) is 15.2 Å². The van der Waals surface area contributed by atoms with Crippen molar-refractivity contribution in [2.45, 2.75) is 25.7 Å². The summed E-state index contributed by atoms with van der Waals surface area (Å²) in [5, 5.41) is 8.53. The number of hydrogen-bond donors (Lipinski definition) is 1. The highest BCUT2D eigenvalue weighted by Gasteiger charge is 2.28. The first-order valence-electron chi connectivity index (χ1n) is 8.42. The fourth-order valence-corrected chi connectivity index (χ4v) is 3.39. The molecule has 0 saturated carbocycles. The Kier molecular flexibility index (Phi) is 3.83. The number of aryl methyl sites for hydroxylation is 1. The van der Waals surface area contributed by atoms with Crippen LogP contribution >= 0.6 is 0 Å². The minimum absolute atomic E-state index is 0.203.